The summed E-state index contributed by atoms with van der Waals surface area (Å²) < 4.78 is 5.85. The monoisotopic (exact) mass is 421 g/mol. The predicted molar refractivity (Wildman–Crippen MR) is 122 cm³/mol. The van der Waals surface area contributed by atoms with Crippen LogP contribution in [-0.2, 0) is 16.1 Å². The maximum absolute atomic E-state index is 12.4. The van der Waals surface area contributed by atoms with Gasteiger partial charge in [0.2, 0.25) is 5.91 Å². The van der Waals surface area contributed by atoms with Crippen molar-refractivity contribution in [1.82, 2.24) is 15.2 Å². The van der Waals surface area contributed by atoms with Gasteiger partial charge in [0.05, 0.1) is 29.0 Å². The fourth-order valence-electron chi connectivity index (χ4n) is 3.70. The van der Waals surface area contributed by atoms with Crippen molar-refractivity contribution in [3.05, 3.63) is 71.8 Å². The Morgan fingerprint density at radius 2 is 2.00 bits per heavy atom. The van der Waals surface area contributed by atoms with Gasteiger partial charge in [-0.2, -0.15) is 0 Å². The second-order valence-electron chi connectivity index (χ2n) is 7.60. The molecule has 1 aliphatic heterocycles. The van der Waals surface area contributed by atoms with E-state index in [9.17, 15) is 4.79 Å². The van der Waals surface area contributed by atoms with Crippen molar-refractivity contribution < 1.29 is 9.53 Å². The highest BCUT2D eigenvalue weighted by molar-refractivity contribution is 7.99. The molecule has 3 aromatic rings. The third-order valence-electron chi connectivity index (χ3n) is 5.25. The van der Waals surface area contributed by atoms with E-state index in [2.05, 4.69) is 52.5 Å². The molecule has 1 fully saturated rings. The minimum atomic E-state index is 0.0106. The summed E-state index contributed by atoms with van der Waals surface area (Å²) in [6.45, 7) is 5.97. The molecular formula is C24H27N3O2S. The highest BCUT2D eigenvalue weighted by Crippen LogP contribution is 2.23. The number of ether oxygens (including phenoxy) is 1. The molecule has 1 atom stereocenters. The Morgan fingerprint density at radius 1 is 1.20 bits per heavy atom. The SMILES string of the molecule is Cc1cc(SCC(=O)NCC2CN(Cc3ccccc3)CCO2)nc2ccccc12. The number of nitrogens with zero attached hydrogens (tertiary/aromatic N) is 2. The van der Waals surface area contributed by atoms with E-state index < -0.39 is 0 Å². The Labute approximate surface area is 181 Å². The number of aryl methyl sites for hydroxylation is 1. The molecule has 2 heterocycles. The van der Waals surface area contributed by atoms with Crippen LogP contribution >= 0.6 is 11.8 Å². The fourth-order valence-corrected chi connectivity index (χ4v) is 4.50. The number of carbonyl (C=O) groups excluding carboxylic acids is 1. The molecule has 2 aromatic carbocycles. The van der Waals surface area contributed by atoms with Crippen LogP contribution in [0.25, 0.3) is 10.9 Å². The molecule has 156 valence electrons. The van der Waals surface area contributed by atoms with E-state index in [1.807, 2.05) is 30.3 Å². The van der Waals surface area contributed by atoms with Crippen LogP contribution in [0.1, 0.15) is 11.1 Å². The average Bonchev–Trinajstić information content (AvgIpc) is 2.77. The van der Waals surface area contributed by atoms with Crippen LogP contribution in [0, 0.1) is 6.92 Å². The van der Waals surface area contributed by atoms with Crippen molar-refractivity contribution >= 4 is 28.6 Å². The Balaban J connectivity index is 1.24. The summed E-state index contributed by atoms with van der Waals surface area (Å²) in [5.41, 5.74) is 3.45. The molecule has 30 heavy (non-hydrogen) atoms. The number of hydrogen-bond acceptors (Lipinski definition) is 5. The number of para-hydroxylation sites is 1. The maximum atomic E-state index is 12.4. The minimum absolute atomic E-state index is 0.0106. The van der Waals surface area contributed by atoms with E-state index in [4.69, 9.17) is 4.74 Å². The Kier molecular flexibility index (Phi) is 7.00. The highest BCUT2D eigenvalue weighted by atomic mass is 32.2. The summed E-state index contributed by atoms with van der Waals surface area (Å²) >= 11 is 1.47. The zero-order valence-electron chi connectivity index (χ0n) is 17.2. The van der Waals surface area contributed by atoms with E-state index in [-0.39, 0.29) is 12.0 Å². The number of pyridine rings is 1. The van der Waals surface area contributed by atoms with E-state index in [0.29, 0.717) is 18.9 Å². The van der Waals surface area contributed by atoms with Crippen molar-refractivity contribution in [3.63, 3.8) is 0 Å². The number of benzene rings is 2. The average molecular weight is 422 g/mol. The van der Waals surface area contributed by atoms with E-state index >= 15 is 0 Å². The molecule has 0 bridgehead atoms. The Hall–Kier alpha value is -2.41. The van der Waals surface area contributed by atoms with Gasteiger partial charge in [0.15, 0.2) is 0 Å². The molecule has 1 aromatic heterocycles. The van der Waals surface area contributed by atoms with Crippen LogP contribution in [0.4, 0.5) is 0 Å². The quantitative estimate of drug-likeness (QED) is 0.590. The molecule has 0 spiro atoms. The van der Waals surface area contributed by atoms with Gasteiger partial charge in [-0.05, 0) is 30.2 Å². The number of hydrogen-bond donors (Lipinski definition) is 1. The Bertz CT molecular complexity index is 996. The summed E-state index contributed by atoms with van der Waals surface area (Å²) in [4.78, 5) is 19.4. The molecule has 1 unspecified atom stereocenters. The highest BCUT2D eigenvalue weighted by Gasteiger charge is 2.21. The zero-order chi connectivity index (χ0) is 20.8. The van der Waals surface area contributed by atoms with Crippen molar-refractivity contribution in [2.24, 2.45) is 0 Å². The number of rotatable bonds is 7. The molecule has 0 radical (unpaired) electrons. The van der Waals surface area contributed by atoms with Crippen LogP contribution in [0.15, 0.2) is 65.7 Å². The summed E-state index contributed by atoms with van der Waals surface area (Å²) in [6, 6.07) is 20.6. The third kappa shape index (κ3) is 5.59. The number of fused-ring (bicyclic) bond motifs is 1. The molecular weight excluding hydrogens is 394 g/mol. The molecule has 1 amide bonds. The van der Waals surface area contributed by atoms with Crippen molar-refractivity contribution in [2.45, 2.75) is 24.6 Å². The number of amides is 1. The zero-order valence-corrected chi connectivity index (χ0v) is 18.0. The lowest BCUT2D eigenvalue weighted by Crippen LogP contribution is -2.47. The number of carbonyl (C=O) groups is 1. The standard InChI is InChI=1S/C24H27N3O2S/c1-18-13-24(26-22-10-6-5-9-21(18)22)30-17-23(28)25-14-20-16-27(11-12-29-20)15-19-7-3-2-4-8-19/h2-10,13,20H,11-12,14-17H2,1H3,(H,25,28). The predicted octanol–water partition coefficient (Wildman–Crippen LogP) is 3.65. The number of nitrogens with one attached hydrogen (secondary N) is 1. The second-order valence-corrected chi connectivity index (χ2v) is 8.60. The third-order valence-corrected chi connectivity index (χ3v) is 6.16. The molecule has 4 rings (SSSR count). The summed E-state index contributed by atoms with van der Waals surface area (Å²) in [5, 5.41) is 5.05. The summed E-state index contributed by atoms with van der Waals surface area (Å²) in [7, 11) is 0. The molecule has 0 saturated carbocycles. The molecule has 5 nitrogen and oxygen atoms in total. The number of thioether (sulfide) groups is 1. The number of morpholine rings is 1. The Morgan fingerprint density at radius 3 is 2.87 bits per heavy atom. The van der Waals surface area contributed by atoms with E-state index in [1.165, 1.54) is 22.9 Å². The first-order valence-corrected chi connectivity index (χ1v) is 11.3. The van der Waals surface area contributed by atoms with Crippen molar-refractivity contribution in [3.8, 4) is 0 Å². The normalized spacial score (nSPS) is 17.2. The van der Waals surface area contributed by atoms with Gasteiger partial charge in [-0.1, -0.05) is 60.3 Å². The van der Waals surface area contributed by atoms with Crippen LogP contribution in [0.2, 0.25) is 0 Å². The van der Waals surface area contributed by atoms with Crippen LogP contribution in [0.5, 0.6) is 0 Å². The van der Waals surface area contributed by atoms with Crippen molar-refractivity contribution in [1.29, 1.82) is 0 Å². The minimum Gasteiger partial charge on any atom is -0.374 e. The van der Waals surface area contributed by atoms with Gasteiger partial charge in [0.1, 0.15) is 0 Å². The first-order valence-electron chi connectivity index (χ1n) is 10.3. The van der Waals surface area contributed by atoms with Crippen LogP contribution < -0.4 is 5.32 Å². The second kappa shape index (κ2) is 10.1. The lowest BCUT2D eigenvalue weighted by molar-refractivity contribution is -0.119. The maximum Gasteiger partial charge on any atom is 0.230 e. The van der Waals surface area contributed by atoms with Gasteiger partial charge in [0.25, 0.3) is 0 Å². The number of aromatic nitrogens is 1. The van der Waals surface area contributed by atoms with Crippen LogP contribution in [-0.4, -0.2) is 53.9 Å². The lowest BCUT2D eigenvalue weighted by atomic mass is 10.1. The van der Waals surface area contributed by atoms with Gasteiger partial charge >= 0.3 is 0 Å². The van der Waals surface area contributed by atoms with Crippen LogP contribution in [0.3, 0.4) is 0 Å². The van der Waals surface area contributed by atoms with Crippen molar-refractivity contribution in [2.75, 3.05) is 32.0 Å². The van der Waals surface area contributed by atoms with E-state index in [1.54, 1.807) is 0 Å². The molecule has 1 saturated heterocycles. The first-order chi connectivity index (χ1) is 14.7. The first kappa shape index (κ1) is 20.8. The molecule has 1 aliphatic rings. The molecule has 1 N–H and O–H groups in total. The summed E-state index contributed by atoms with van der Waals surface area (Å²) in [5.74, 6) is 0.363. The van der Waals surface area contributed by atoms with Gasteiger partial charge < -0.3 is 10.1 Å². The largest absolute Gasteiger partial charge is 0.374 e. The topological polar surface area (TPSA) is 54.5 Å². The van der Waals surface area contributed by atoms with Gasteiger partial charge in [-0.25, -0.2) is 4.98 Å². The smallest absolute Gasteiger partial charge is 0.230 e. The van der Waals surface area contributed by atoms with E-state index in [0.717, 1.165) is 35.6 Å². The molecule has 0 aliphatic carbocycles. The molecule has 6 heteroatoms. The fraction of sp³-hybridized carbons (Fsp3) is 0.333. The summed E-state index contributed by atoms with van der Waals surface area (Å²) in [6.07, 6.45) is 0.0254. The lowest BCUT2D eigenvalue weighted by Gasteiger charge is -2.33. The van der Waals surface area contributed by atoms with Gasteiger partial charge in [0, 0.05) is 31.6 Å². The van der Waals surface area contributed by atoms with Gasteiger partial charge in [-0.15, -0.1) is 0 Å². The van der Waals surface area contributed by atoms with Gasteiger partial charge in [-0.3, -0.25) is 9.69 Å².